The highest BCUT2D eigenvalue weighted by atomic mass is 19.3. The number of aromatic nitrogens is 1. The number of rotatable bonds is 4. The Bertz CT molecular complexity index is 684. The second-order valence-electron chi connectivity index (χ2n) is 5.21. The first-order valence-corrected chi connectivity index (χ1v) is 6.73. The predicted molar refractivity (Wildman–Crippen MR) is 73.4 cm³/mol. The number of benzene rings is 1. The van der Waals surface area contributed by atoms with Crippen molar-refractivity contribution in [2.45, 2.75) is 25.3 Å². The summed E-state index contributed by atoms with van der Waals surface area (Å²) in [4.78, 5) is 16.0. The molecule has 2 N–H and O–H groups in total. The van der Waals surface area contributed by atoms with Crippen LogP contribution in [0.2, 0.25) is 0 Å². The normalized spacial score (nSPS) is 16.1. The summed E-state index contributed by atoms with van der Waals surface area (Å²) in [6.07, 6.45) is 0.196. The molecule has 1 atom stereocenters. The summed E-state index contributed by atoms with van der Waals surface area (Å²) in [6.45, 7) is 0. The average Bonchev–Trinajstić information content (AvgIpc) is 3.29. The minimum Gasteiger partial charge on any atom is -0.505 e. The van der Waals surface area contributed by atoms with Gasteiger partial charge in [0.05, 0.1) is 6.04 Å². The second-order valence-corrected chi connectivity index (χ2v) is 5.21. The molecule has 1 aliphatic rings. The SMILES string of the molecule is O=C(NC(C(F)F)C1CC1)c1ncc2ccccc2c1O. The first-order valence-electron chi connectivity index (χ1n) is 6.73. The number of hydrogen-bond acceptors (Lipinski definition) is 3. The number of nitrogens with zero attached hydrogens (tertiary/aromatic N) is 1. The molecule has 6 heteroatoms. The molecule has 1 fully saturated rings. The van der Waals surface area contributed by atoms with Crippen LogP contribution in [0.3, 0.4) is 0 Å². The minimum atomic E-state index is -2.62. The van der Waals surface area contributed by atoms with Gasteiger partial charge in [-0.2, -0.15) is 0 Å². The lowest BCUT2D eigenvalue weighted by atomic mass is 10.1. The third-order valence-electron chi connectivity index (χ3n) is 3.69. The maximum absolute atomic E-state index is 12.9. The standard InChI is InChI=1S/C15H14F2N2O2/c16-14(17)11(8-5-6-8)19-15(21)12-13(20)10-4-2-1-3-9(10)7-18-12/h1-4,7-8,11,14,20H,5-6H2,(H,19,21). The number of halogens is 2. The van der Waals surface area contributed by atoms with E-state index in [0.717, 1.165) is 0 Å². The van der Waals surface area contributed by atoms with Crippen molar-refractivity contribution in [2.24, 2.45) is 5.92 Å². The lowest BCUT2D eigenvalue weighted by Crippen LogP contribution is -2.41. The Morgan fingerprint density at radius 2 is 2.05 bits per heavy atom. The largest absolute Gasteiger partial charge is 0.505 e. The van der Waals surface area contributed by atoms with Gasteiger partial charge in [-0.05, 0) is 18.8 Å². The number of carbonyl (C=O) groups excluding carboxylic acids is 1. The molecule has 0 bridgehead atoms. The molecule has 0 saturated heterocycles. The van der Waals surface area contributed by atoms with Crippen molar-refractivity contribution in [1.29, 1.82) is 0 Å². The van der Waals surface area contributed by atoms with Gasteiger partial charge in [-0.25, -0.2) is 13.8 Å². The van der Waals surface area contributed by atoms with E-state index in [2.05, 4.69) is 10.3 Å². The second kappa shape index (κ2) is 5.27. The van der Waals surface area contributed by atoms with Crippen LogP contribution in [0.5, 0.6) is 5.75 Å². The summed E-state index contributed by atoms with van der Waals surface area (Å²) >= 11 is 0. The van der Waals surface area contributed by atoms with Crippen molar-refractivity contribution >= 4 is 16.7 Å². The van der Waals surface area contributed by atoms with Crippen molar-refractivity contribution in [3.05, 3.63) is 36.2 Å². The summed E-state index contributed by atoms with van der Waals surface area (Å²) < 4.78 is 25.8. The number of alkyl halides is 2. The number of nitrogens with one attached hydrogen (secondary N) is 1. The molecule has 0 spiro atoms. The van der Waals surface area contributed by atoms with E-state index in [4.69, 9.17) is 0 Å². The summed E-state index contributed by atoms with van der Waals surface area (Å²) in [5.74, 6) is -1.23. The van der Waals surface area contributed by atoms with Gasteiger partial charge in [0.2, 0.25) is 0 Å². The van der Waals surface area contributed by atoms with Gasteiger partial charge in [-0.1, -0.05) is 24.3 Å². The van der Waals surface area contributed by atoms with Crippen molar-refractivity contribution in [3.8, 4) is 5.75 Å². The van der Waals surface area contributed by atoms with E-state index in [-0.39, 0.29) is 17.4 Å². The molecule has 2 aromatic rings. The Morgan fingerprint density at radius 3 is 2.71 bits per heavy atom. The fourth-order valence-corrected chi connectivity index (χ4v) is 2.38. The Kier molecular flexibility index (Phi) is 3.45. The first kappa shape index (κ1) is 13.7. The molecule has 1 aromatic heterocycles. The van der Waals surface area contributed by atoms with Gasteiger partial charge in [-0.3, -0.25) is 4.79 Å². The number of hydrogen-bond donors (Lipinski definition) is 2. The van der Waals surface area contributed by atoms with Crippen LogP contribution in [0, 0.1) is 5.92 Å². The van der Waals surface area contributed by atoms with Gasteiger partial charge < -0.3 is 10.4 Å². The molecule has 1 heterocycles. The average molecular weight is 292 g/mol. The molecule has 1 aromatic carbocycles. The highest BCUT2D eigenvalue weighted by molar-refractivity contribution is 6.01. The maximum Gasteiger partial charge on any atom is 0.274 e. The molecule has 1 unspecified atom stereocenters. The number of carbonyl (C=O) groups is 1. The van der Waals surface area contributed by atoms with Gasteiger partial charge in [0, 0.05) is 17.0 Å². The van der Waals surface area contributed by atoms with Crippen LogP contribution < -0.4 is 5.32 Å². The van der Waals surface area contributed by atoms with Crippen LogP contribution in [0.25, 0.3) is 10.8 Å². The van der Waals surface area contributed by atoms with Gasteiger partial charge in [0.1, 0.15) is 0 Å². The molecular formula is C15H14F2N2O2. The number of aromatic hydroxyl groups is 1. The van der Waals surface area contributed by atoms with Crippen LogP contribution >= 0.6 is 0 Å². The summed E-state index contributed by atoms with van der Waals surface area (Å²) in [5, 5.41) is 13.6. The number of fused-ring (bicyclic) bond motifs is 1. The Morgan fingerprint density at radius 1 is 1.33 bits per heavy atom. The van der Waals surface area contributed by atoms with E-state index < -0.39 is 18.4 Å². The molecule has 21 heavy (non-hydrogen) atoms. The molecule has 1 amide bonds. The molecule has 0 aliphatic heterocycles. The van der Waals surface area contributed by atoms with E-state index in [1.807, 2.05) is 0 Å². The zero-order chi connectivity index (χ0) is 15.0. The van der Waals surface area contributed by atoms with E-state index in [1.165, 1.54) is 6.20 Å². The molecule has 4 nitrogen and oxygen atoms in total. The van der Waals surface area contributed by atoms with Crippen molar-refractivity contribution in [2.75, 3.05) is 0 Å². The van der Waals surface area contributed by atoms with Gasteiger partial charge >= 0.3 is 0 Å². The monoisotopic (exact) mass is 292 g/mol. The van der Waals surface area contributed by atoms with Crippen LogP contribution in [0.4, 0.5) is 8.78 Å². The Labute approximate surface area is 119 Å². The molecule has 110 valence electrons. The van der Waals surface area contributed by atoms with Gasteiger partial charge in [-0.15, -0.1) is 0 Å². The lowest BCUT2D eigenvalue weighted by molar-refractivity contribution is 0.0689. The third kappa shape index (κ3) is 2.66. The highest BCUT2D eigenvalue weighted by Gasteiger charge is 2.38. The highest BCUT2D eigenvalue weighted by Crippen LogP contribution is 2.35. The van der Waals surface area contributed by atoms with E-state index in [9.17, 15) is 18.7 Å². The van der Waals surface area contributed by atoms with Crippen molar-refractivity contribution in [3.63, 3.8) is 0 Å². The molecule has 1 aliphatic carbocycles. The zero-order valence-corrected chi connectivity index (χ0v) is 11.1. The van der Waals surface area contributed by atoms with Gasteiger partial charge in [0.25, 0.3) is 12.3 Å². The van der Waals surface area contributed by atoms with Crippen LogP contribution in [0.1, 0.15) is 23.3 Å². The van der Waals surface area contributed by atoms with E-state index in [0.29, 0.717) is 23.6 Å². The third-order valence-corrected chi connectivity index (χ3v) is 3.69. The number of pyridine rings is 1. The predicted octanol–water partition coefficient (Wildman–Crippen LogP) is 2.71. The van der Waals surface area contributed by atoms with Crippen molar-refractivity contribution < 1.29 is 18.7 Å². The Hall–Kier alpha value is -2.24. The van der Waals surface area contributed by atoms with Crippen LogP contribution in [0.15, 0.2) is 30.5 Å². The van der Waals surface area contributed by atoms with E-state index in [1.54, 1.807) is 24.3 Å². The summed E-state index contributed by atoms with van der Waals surface area (Å²) in [6, 6.07) is 5.72. The van der Waals surface area contributed by atoms with Crippen LogP contribution in [-0.4, -0.2) is 28.5 Å². The summed E-state index contributed by atoms with van der Waals surface area (Å²) in [7, 11) is 0. The summed E-state index contributed by atoms with van der Waals surface area (Å²) in [5.41, 5.74) is -0.222. The quantitative estimate of drug-likeness (QED) is 0.910. The molecule has 1 saturated carbocycles. The topological polar surface area (TPSA) is 62.2 Å². The smallest absolute Gasteiger partial charge is 0.274 e. The molecule has 0 radical (unpaired) electrons. The van der Waals surface area contributed by atoms with Crippen molar-refractivity contribution in [1.82, 2.24) is 10.3 Å². The fraction of sp³-hybridized carbons (Fsp3) is 0.333. The maximum atomic E-state index is 12.9. The van der Waals surface area contributed by atoms with Crippen LogP contribution in [-0.2, 0) is 0 Å². The number of amides is 1. The Balaban J connectivity index is 1.89. The molecular weight excluding hydrogens is 278 g/mol. The lowest BCUT2D eigenvalue weighted by Gasteiger charge is -2.17. The fourth-order valence-electron chi connectivity index (χ4n) is 2.38. The minimum absolute atomic E-state index is 0.184. The molecule has 3 rings (SSSR count). The van der Waals surface area contributed by atoms with Gasteiger partial charge in [0.15, 0.2) is 11.4 Å². The van der Waals surface area contributed by atoms with E-state index >= 15 is 0 Å². The zero-order valence-electron chi connectivity index (χ0n) is 11.1. The first-order chi connectivity index (χ1) is 10.1.